The van der Waals surface area contributed by atoms with Crippen molar-refractivity contribution in [3.05, 3.63) is 35.5 Å². The van der Waals surface area contributed by atoms with E-state index in [4.69, 9.17) is 9.84 Å². The number of carboxylic acids is 1. The fourth-order valence-corrected chi connectivity index (χ4v) is 2.41. The van der Waals surface area contributed by atoms with E-state index < -0.39 is 5.97 Å². The van der Waals surface area contributed by atoms with Crippen LogP contribution in [0, 0.1) is 17.8 Å². The SMILES string of the molecule is O=C(O)c1nn[nH]c1Oc1ccc(C#CC2CCCC2)cc1. The third-order valence-corrected chi connectivity index (χ3v) is 3.57. The summed E-state index contributed by atoms with van der Waals surface area (Å²) < 4.78 is 5.43. The molecule has 1 fully saturated rings. The highest BCUT2D eigenvalue weighted by Gasteiger charge is 2.16. The molecule has 1 saturated carbocycles. The number of ether oxygens (including phenoxy) is 1. The van der Waals surface area contributed by atoms with Gasteiger partial charge in [0.2, 0.25) is 5.69 Å². The number of carboxylic acid groups (broad SMARTS) is 1. The van der Waals surface area contributed by atoms with Gasteiger partial charge in [0.25, 0.3) is 5.88 Å². The summed E-state index contributed by atoms with van der Waals surface area (Å²) in [5.41, 5.74) is 0.672. The fraction of sp³-hybridized carbons (Fsp3) is 0.312. The van der Waals surface area contributed by atoms with Gasteiger partial charge < -0.3 is 9.84 Å². The Bertz CT molecular complexity index is 719. The maximum absolute atomic E-state index is 10.9. The monoisotopic (exact) mass is 297 g/mol. The lowest BCUT2D eigenvalue weighted by atomic mass is 10.1. The van der Waals surface area contributed by atoms with Crippen molar-refractivity contribution >= 4 is 5.97 Å². The number of aromatic carboxylic acids is 1. The summed E-state index contributed by atoms with van der Waals surface area (Å²) in [5, 5.41) is 18.2. The lowest BCUT2D eigenvalue weighted by molar-refractivity contribution is 0.0687. The van der Waals surface area contributed by atoms with Crippen molar-refractivity contribution < 1.29 is 14.6 Å². The molecule has 1 aliphatic rings. The highest BCUT2D eigenvalue weighted by atomic mass is 16.5. The zero-order valence-corrected chi connectivity index (χ0v) is 11.9. The van der Waals surface area contributed by atoms with E-state index in [2.05, 4.69) is 27.3 Å². The van der Waals surface area contributed by atoms with Gasteiger partial charge in [0.05, 0.1) is 0 Å². The van der Waals surface area contributed by atoms with Crippen LogP contribution in [-0.4, -0.2) is 26.5 Å². The molecule has 3 rings (SSSR count). The molecule has 2 N–H and O–H groups in total. The normalized spacial score (nSPS) is 14.4. The van der Waals surface area contributed by atoms with E-state index in [9.17, 15) is 4.79 Å². The van der Waals surface area contributed by atoms with Gasteiger partial charge in [-0.3, -0.25) is 0 Å². The first-order chi connectivity index (χ1) is 10.7. The Morgan fingerprint density at radius 2 is 2.00 bits per heavy atom. The van der Waals surface area contributed by atoms with Crippen LogP contribution in [0.1, 0.15) is 41.7 Å². The van der Waals surface area contributed by atoms with E-state index >= 15 is 0 Å². The third kappa shape index (κ3) is 3.26. The smallest absolute Gasteiger partial charge is 0.362 e. The molecule has 2 aromatic rings. The fourth-order valence-electron chi connectivity index (χ4n) is 2.41. The van der Waals surface area contributed by atoms with Gasteiger partial charge >= 0.3 is 5.97 Å². The van der Waals surface area contributed by atoms with E-state index in [-0.39, 0.29) is 11.6 Å². The van der Waals surface area contributed by atoms with Crippen LogP contribution in [0.2, 0.25) is 0 Å². The Morgan fingerprint density at radius 1 is 1.27 bits per heavy atom. The second-order valence-electron chi connectivity index (χ2n) is 5.17. The summed E-state index contributed by atoms with van der Waals surface area (Å²) >= 11 is 0. The number of aromatic nitrogens is 3. The van der Waals surface area contributed by atoms with Gasteiger partial charge in [0.1, 0.15) is 5.75 Å². The van der Waals surface area contributed by atoms with Crippen LogP contribution >= 0.6 is 0 Å². The molecule has 112 valence electrons. The van der Waals surface area contributed by atoms with Crippen molar-refractivity contribution in [2.24, 2.45) is 5.92 Å². The van der Waals surface area contributed by atoms with E-state index in [0.717, 1.165) is 5.56 Å². The second kappa shape index (κ2) is 6.31. The number of nitrogens with zero attached hydrogens (tertiary/aromatic N) is 2. The zero-order chi connectivity index (χ0) is 15.4. The van der Waals surface area contributed by atoms with Crippen LogP contribution in [0.3, 0.4) is 0 Å². The van der Waals surface area contributed by atoms with Crippen LogP contribution in [0.15, 0.2) is 24.3 Å². The lowest BCUT2D eigenvalue weighted by Gasteiger charge is -2.03. The third-order valence-electron chi connectivity index (χ3n) is 3.57. The molecule has 0 atom stereocenters. The molecule has 0 saturated heterocycles. The van der Waals surface area contributed by atoms with Crippen molar-refractivity contribution in [1.29, 1.82) is 0 Å². The lowest BCUT2D eigenvalue weighted by Crippen LogP contribution is -1.99. The summed E-state index contributed by atoms with van der Waals surface area (Å²) in [4.78, 5) is 10.9. The van der Waals surface area contributed by atoms with Crippen LogP contribution in [-0.2, 0) is 0 Å². The number of rotatable bonds is 3. The van der Waals surface area contributed by atoms with Crippen LogP contribution in [0.5, 0.6) is 11.6 Å². The minimum absolute atomic E-state index is 0.0114. The summed E-state index contributed by atoms with van der Waals surface area (Å²) in [6, 6.07) is 7.18. The van der Waals surface area contributed by atoms with Gasteiger partial charge in [-0.25, -0.2) is 9.89 Å². The molecule has 0 unspecified atom stereocenters. The van der Waals surface area contributed by atoms with Gasteiger partial charge in [-0.2, -0.15) is 0 Å². The average Bonchev–Trinajstić information content (AvgIpc) is 3.17. The first-order valence-corrected chi connectivity index (χ1v) is 7.16. The van der Waals surface area contributed by atoms with Crippen molar-refractivity contribution in [2.75, 3.05) is 0 Å². The van der Waals surface area contributed by atoms with E-state index in [0.29, 0.717) is 11.7 Å². The topological polar surface area (TPSA) is 88.1 Å². The summed E-state index contributed by atoms with van der Waals surface area (Å²) in [6.07, 6.45) is 4.93. The van der Waals surface area contributed by atoms with E-state index in [1.165, 1.54) is 25.7 Å². The van der Waals surface area contributed by atoms with Crippen LogP contribution in [0.4, 0.5) is 0 Å². The predicted octanol–water partition coefficient (Wildman–Crippen LogP) is 2.84. The van der Waals surface area contributed by atoms with Gasteiger partial charge in [0.15, 0.2) is 0 Å². The standard InChI is InChI=1S/C16H15N3O3/c20-16(21)14-15(18-19-17-14)22-13-9-7-12(8-10-13)6-5-11-3-1-2-4-11/h7-11H,1-4H2,(H,20,21)(H,17,18,19). The molecular formula is C16H15N3O3. The molecule has 1 heterocycles. The number of H-pyrrole nitrogens is 1. The quantitative estimate of drug-likeness (QED) is 0.850. The Labute approximate surface area is 127 Å². The van der Waals surface area contributed by atoms with Crippen LogP contribution < -0.4 is 4.74 Å². The van der Waals surface area contributed by atoms with Gasteiger partial charge in [0, 0.05) is 11.5 Å². The van der Waals surface area contributed by atoms with Gasteiger partial charge in [-0.1, -0.05) is 29.9 Å². The number of carbonyl (C=O) groups is 1. The molecular weight excluding hydrogens is 282 g/mol. The average molecular weight is 297 g/mol. The molecule has 0 aliphatic heterocycles. The first-order valence-electron chi connectivity index (χ1n) is 7.16. The minimum Gasteiger partial charge on any atom is -0.476 e. The maximum atomic E-state index is 10.9. The number of aromatic amines is 1. The van der Waals surface area contributed by atoms with Crippen molar-refractivity contribution in [3.63, 3.8) is 0 Å². The van der Waals surface area contributed by atoms with Gasteiger partial charge in [-0.15, -0.1) is 5.10 Å². The Kier molecular flexibility index (Phi) is 4.05. The second-order valence-corrected chi connectivity index (χ2v) is 5.17. The molecule has 1 aliphatic carbocycles. The van der Waals surface area contributed by atoms with Crippen molar-refractivity contribution in [3.8, 4) is 23.5 Å². The summed E-state index contributed by atoms with van der Waals surface area (Å²) in [6.45, 7) is 0. The number of nitrogens with one attached hydrogen (secondary N) is 1. The van der Waals surface area contributed by atoms with Crippen molar-refractivity contribution in [2.45, 2.75) is 25.7 Å². The number of hydrogen-bond acceptors (Lipinski definition) is 4. The Hall–Kier alpha value is -2.81. The summed E-state index contributed by atoms with van der Waals surface area (Å²) in [5.74, 6) is 6.30. The molecule has 22 heavy (non-hydrogen) atoms. The minimum atomic E-state index is -1.19. The summed E-state index contributed by atoms with van der Waals surface area (Å²) in [7, 11) is 0. The van der Waals surface area contributed by atoms with Crippen molar-refractivity contribution in [1.82, 2.24) is 15.4 Å². The highest BCUT2D eigenvalue weighted by molar-refractivity contribution is 5.87. The highest BCUT2D eigenvalue weighted by Crippen LogP contribution is 2.24. The molecule has 6 heteroatoms. The van der Waals surface area contributed by atoms with E-state index in [1.54, 1.807) is 12.1 Å². The van der Waals surface area contributed by atoms with Crippen LogP contribution in [0.25, 0.3) is 0 Å². The molecule has 0 bridgehead atoms. The molecule has 0 amide bonds. The molecule has 1 aromatic heterocycles. The number of benzene rings is 1. The molecule has 6 nitrogen and oxygen atoms in total. The number of hydrogen-bond donors (Lipinski definition) is 2. The zero-order valence-electron chi connectivity index (χ0n) is 11.9. The maximum Gasteiger partial charge on any atom is 0.362 e. The molecule has 1 aromatic carbocycles. The molecule has 0 radical (unpaired) electrons. The largest absolute Gasteiger partial charge is 0.476 e. The van der Waals surface area contributed by atoms with Gasteiger partial charge in [-0.05, 0) is 37.1 Å². The first kappa shape index (κ1) is 14.1. The van der Waals surface area contributed by atoms with E-state index in [1.807, 2.05) is 12.1 Å². The Balaban J connectivity index is 1.68. The molecule has 0 spiro atoms. The Morgan fingerprint density at radius 3 is 2.68 bits per heavy atom. The predicted molar refractivity (Wildman–Crippen MR) is 78.7 cm³/mol.